The van der Waals surface area contributed by atoms with Crippen LogP contribution >= 0.6 is 0 Å². The summed E-state index contributed by atoms with van der Waals surface area (Å²) in [7, 11) is 0. The lowest BCUT2D eigenvalue weighted by Gasteiger charge is -2.55. The number of carbonyl (C=O) groups is 1. The second-order valence-electron chi connectivity index (χ2n) is 5.75. The van der Waals surface area contributed by atoms with Gasteiger partial charge in [-0.2, -0.15) is 0 Å². The van der Waals surface area contributed by atoms with Gasteiger partial charge in [-0.05, 0) is 38.1 Å². The van der Waals surface area contributed by atoms with Gasteiger partial charge in [-0.25, -0.2) is 0 Å². The van der Waals surface area contributed by atoms with E-state index in [1.807, 2.05) is 0 Å². The van der Waals surface area contributed by atoms with E-state index in [9.17, 15) is 4.79 Å². The highest BCUT2D eigenvalue weighted by atomic mass is 16.1. The SMILES string of the molecule is CCCC1(CCC)CN2CCC1C(=O)C2C. The van der Waals surface area contributed by atoms with Gasteiger partial charge in [-0.15, -0.1) is 0 Å². The summed E-state index contributed by atoms with van der Waals surface area (Å²) in [5.74, 6) is 0.895. The molecule has 0 radical (unpaired) electrons. The second kappa shape index (κ2) is 4.48. The van der Waals surface area contributed by atoms with Crippen molar-refractivity contribution in [3.8, 4) is 0 Å². The number of ketones is 1. The van der Waals surface area contributed by atoms with Crippen LogP contribution in [-0.4, -0.2) is 29.8 Å². The molecule has 3 aliphatic rings. The van der Waals surface area contributed by atoms with Gasteiger partial charge in [-0.3, -0.25) is 9.69 Å². The van der Waals surface area contributed by atoms with Crippen LogP contribution in [0.2, 0.25) is 0 Å². The monoisotopic (exact) mass is 223 g/mol. The molecule has 16 heavy (non-hydrogen) atoms. The largest absolute Gasteiger partial charge is 0.298 e. The number of nitrogens with zero attached hydrogens (tertiary/aromatic N) is 1. The zero-order valence-corrected chi connectivity index (χ0v) is 11.0. The highest BCUT2D eigenvalue weighted by Gasteiger charge is 2.52. The Kier molecular flexibility index (Phi) is 3.39. The van der Waals surface area contributed by atoms with E-state index in [0.717, 1.165) is 13.0 Å². The quantitative estimate of drug-likeness (QED) is 0.730. The van der Waals surface area contributed by atoms with Crippen molar-refractivity contribution in [3.63, 3.8) is 0 Å². The lowest BCUT2D eigenvalue weighted by Crippen LogP contribution is -2.63. The Morgan fingerprint density at radius 2 is 1.94 bits per heavy atom. The van der Waals surface area contributed by atoms with Crippen LogP contribution < -0.4 is 0 Å². The van der Waals surface area contributed by atoms with Crippen LogP contribution in [0.1, 0.15) is 52.9 Å². The van der Waals surface area contributed by atoms with E-state index in [-0.39, 0.29) is 6.04 Å². The predicted molar refractivity (Wildman–Crippen MR) is 66.4 cm³/mol. The highest BCUT2D eigenvalue weighted by molar-refractivity contribution is 5.88. The number of hydrogen-bond donors (Lipinski definition) is 0. The first-order valence-electron chi connectivity index (χ1n) is 6.92. The topological polar surface area (TPSA) is 20.3 Å². The average Bonchev–Trinajstić information content (AvgIpc) is 2.26. The van der Waals surface area contributed by atoms with Crippen LogP contribution in [0.4, 0.5) is 0 Å². The summed E-state index contributed by atoms with van der Waals surface area (Å²) in [6.45, 7) is 8.92. The minimum absolute atomic E-state index is 0.195. The van der Waals surface area contributed by atoms with Crippen molar-refractivity contribution >= 4 is 5.78 Å². The molecule has 3 atom stereocenters. The molecule has 3 heterocycles. The molecule has 3 fully saturated rings. The Bertz CT molecular complexity index is 268. The smallest absolute Gasteiger partial charge is 0.153 e. The summed E-state index contributed by atoms with van der Waals surface area (Å²) < 4.78 is 0. The summed E-state index contributed by atoms with van der Waals surface area (Å²) >= 11 is 0. The van der Waals surface area contributed by atoms with Gasteiger partial charge in [0.15, 0.2) is 5.78 Å². The van der Waals surface area contributed by atoms with Crippen molar-refractivity contribution < 1.29 is 4.79 Å². The molecule has 3 rings (SSSR count). The van der Waals surface area contributed by atoms with Gasteiger partial charge in [0.25, 0.3) is 0 Å². The first kappa shape index (κ1) is 12.1. The molecule has 2 bridgehead atoms. The molecule has 0 aromatic heterocycles. The van der Waals surface area contributed by atoms with Crippen molar-refractivity contribution in [2.75, 3.05) is 13.1 Å². The van der Waals surface area contributed by atoms with E-state index in [1.165, 1.54) is 32.2 Å². The third-order valence-electron chi connectivity index (χ3n) is 4.76. The number of piperidine rings is 3. The zero-order chi connectivity index (χ0) is 11.8. The van der Waals surface area contributed by atoms with Crippen molar-refractivity contribution in [1.82, 2.24) is 4.90 Å². The van der Waals surface area contributed by atoms with Gasteiger partial charge in [-0.1, -0.05) is 26.7 Å². The first-order valence-corrected chi connectivity index (χ1v) is 6.92. The van der Waals surface area contributed by atoms with Crippen LogP contribution in [0.5, 0.6) is 0 Å². The average molecular weight is 223 g/mol. The number of Topliss-reactive ketones (excluding diaryl/α,β-unsaturated/α-hetero) is 1. The fourth-order valence-electron chi connectivity index (χ4n) is 4.07. The van der Waals surface area contributed by atoms with Crippen molar-refractivity contribution in [2.45, 2.75) is 58.9 Å². The molecular weight excluding hydrogens is 198 g/mol. The number of rotatable bonds is 4. The van der Waals surface area contributed by atoms with Crippen LogP contribution in [0.3, 0.4) is 0 Å². The van der Waals surface area contributed by atoms with E-state index >= 15 is 0 Å². The number of hydrogen-bond acceptors (Lipinski definition) is 2. The lowest BCUT2D eigenvalue weighted by atomic mass is 9.60. The number of carbonyl (C=O) groups excluding carboxylic acids is 1. The molecule has 0 amide bonds. The molecule has 0 aromatic carbocycles. The van der Waals surface area contributed by atoms with Crippen LogP contribution in [0, 0.1) is 11.3 Å². The minimum atomic E-state index is 0.195. The predicted octanol–water partition coefficient (Wildman–Crippen LogP) is 2.87. The summed E-state index contributed by atoms with van der Waals surface area (Å²) in [5.41, 5.74) is 0.325. The Morgan fingerprint density at radius 3 is 2.44 bits per heavy atom. The van der Waals surface area contributed by atoms with E-state index < -0.39 is 0 Å². The van der Waals surface area contributed by atoms with E-state index in [4.69, 9.17) is 0 Å². The van der Waals surface area contributed by atoms with Gasteiger partial charge in [0.2, 0.25) is 0 Å². The molecule has 0 saturated carbocycles. The highest BCUT2D eigenvalue weighted by Crippen LogP contribution is 2.48. The lowest BCUT2D eigenvalue weighted by molar-refractivity contribution is -0.150. The fourth-order valence-corrected chi connectivity index (χ4v) is 4.07. The molecule has 2 nitrogen and oxygen atoms in total. The molecule has 0 aliphatic carbocycles. The standard InChI is InChI=1S/C14H25NO/c1-4-7-14(8-5-2)10-15-9-6-12(14)13(16)11(15)3/h11-12H,4-10H2,1-3H3. The second-order valence-corrected chi connectivity index (χ2v) is 5.75. The van der Waals surface area contributed by atoms with Crippen LogP contribution in [0.15, 0.2) is 0 Å². The van der Waals surface area contributed by atoms with E-state index in [2.05, 4.69) is 25.7 Å². The Labute approximate surface area is 99.4 Å². The van der Waals surface area contributed by atoms with Gasteiger partial charge in [0, 0.05) is 12.5 Å². The zero-order valence-electron chi connectivity index (χ0n) is 11.0. The van der Waals surface area contributed by atoms with Gasteiger partial charge < -0.3 is 0 Å². The van der Waals surface area contributed by atoms with Crippen LogP contribution in [-0.2, 0) is 4.79 Å². The summed E-state index contributed by atoms with van der Waals surface area (Å²) in [4.78, 5) is 14.7. The van der Waals surface area contributed by atoms with E-state index in [0.29, 0.717) is 17.1 Å². The first-order chi connectivity index (χ1) is 7.64. The molecule has 92 valence electrons. The molecule has 0 spiro atoms. The molecule has 3 saturated heterocycles. The fraction of sp³-hybridized carbons (Fsp3) is 0.929. The molecule has 2 heteroatoms. The molecule has 0 N–H and O–H groups in total. The van der Waals surface area contributed by atoms with E-state index in [1.54, 1.807) is 0 Å². The maximum absolute atomic E-state index is 12.3. The minimum Gasteiger partial charge on any atom is -0.298 e. The van der Waals surface area contributed by atoms with Gasteiger partial charge in [0.05, 0.1) is 6.04 Å². The normalized spacial score (nSPS) is 36.7. The summed E-state index contributed by atoms with van der Waals surface area (Å²) in [6.07, 6.45) is 6.02. The molecular formula is C14H25NO. The van der Waals surface area contributed by atoms with Crippen LogP contribution in [0.25, 0.3) is 0 Å². The maximum atomic E-state index is 12.3. The molecule has 0 aromatic rings. The third-order valence-corrected chi connectivity index (χ3v) is 4.76. The Balaban J connectivity index is 2.24. The molecule has 3 unspecified atom stereocenters. The van der Waals surface area contributed by atoms with Gasteiger partial charge >= 0.3 is 0 Å². The summed E-state index contributed by atoms with van der Waals surface area (Å²) in [6, 6.07) is 0.195. The Hall–Kier alpha value is -0.370. The van der Waals surface area contributed by atoms with Crippen molar-refractivity contribution in [2.24, 2.45) is 11.3 Å². The maximum Gasteiger partial charge on any atom is 0.153 e. The molecule has 3 aliphatic heterocycles. The van der Waals surface area contributed by atoms with Gasteiger partial charge in [0.1, 0.15) is 0 Å². The Morgan fingerprint density at radius 1 is 1.31 bits per heavy atom. The number of fused-ring (bicyclic) bond motifs is 3. The van der Waals surface area contributed by atoms with Crippen molar-refractivity contribution in [1.29, 1.82) is 0 Å². The summed E-state index contributed by atoms with van der Waals surface area (Å²) in [5, 5.41) is 0. The third kappa shape index (κ3) is 1.71. The van der Waals surface area contributed by atoms with Crippen molar-refractivity contribution in [3.05, 3.63) is 0 Å².